The standard InChI is InChI=1S/C20H23N5OS/c1-12-5-7-14(8-6-12)10-17-13(2)22-20(27-17)23-19(26)18-15(11-21)24-25-9-3-4-16(18)25/h5-8H,3-4,9-11,21H2,1-2H3,(H,22,23,26). The lowest BCUT2D eigenvalue weighted by atomic mass is 10.1. The van der Waals surface area contributed by atoms with Crippen LogP contribution in [0.4, 0.5) is 5.13 Å². The third-order valence-corrected chi connectivity index (χ3v) is 6.01. The highest BCUT2D eigenvalue weighted by atomic mass is 32.1. The van der Waals surface area contributed by atoms with Crippen LogP contribution in [0.5, 0.6) is 0 Å². The molecular weight excluding hydrogens is 358 g/mol. The molecule has 0 atom stereocenters. The number of carbonyl (C=O) groups excluding carboxylic acids is 1. The lowest BCUT2D eigenvalue weighted by Crippen LogP contribution is -2.16. The predicted molar refractivity (Wildman–Crippen MR) is 107 cm³/mol. The largest absolute Gasteiger partial charge is 0.325 e. The summed E-state index contributed by atoms with van der Waals surface area (Å²) >= 11 is 1.53. The second-order valence-corrected chi connectivity index (χ2v) is 8.03. The number of fused-ring (bicyclic) bond motifs is 1. The zero-order chi connectivity index (χ0) is 19.0. The van der Waals surface area contributed by atoms with Crippen LogP contribution < -0.4 is 11.1 Å². The molecule has 0 saturated heterocycles. The van der Waals surface area contributed by atoms with E-state index in [0.29, 0.717) is 16.4 Å². The molecule has 0 spiro atoms. The van der Waals surface area contributed by atoms with E-state index >= 15 is 0 Å². The Balaban J connectivity index is 1.54. The zero-order valence-corrected chi connectivity index (χ0v) is 16.4. The van der Waals surface area contributed by atoms with Crippen molar-refractivity contribution in [3.63, 3.8) is 0 Å². The molecule has 1 aliphatic heterocycles. The van der Waals surface area contributed by atoms with Gasteiger partial charge in [-0.25, -0.2) is 4.98 Å². The quantitative estimate of drug-likeness (QED) is 0.711. The summed E-state index contributed by atoms with van der Waals surface area (Å²) in [5, 5.41) is 8.06. The molecule has 7 heteroatoms. The monoisotopic (exact) mass is 381 g/mol. The van der Waals surface area contributed by atoms with Crippen molar-refractivity contribution in [1.29, 1.82) is 0 Å². The smallest absolute Gasteiger partial charge is 0.261 e. The maximum absolute atomic E-state index is 12.9. The molecule has 0 unspecified atom stereocenters. The van der Waals surface area contributed by atoms with Gasteiger partial charge in [0.1, 0.15) is 0 Å². The third kappa shape index (κ3) is 3.52. The highest BCUT2D eigenvalue weighted by Gasteiger charge is 2.26. The molecule has 0 aliphatic carbocycles. The Kier molecular flexibility index (Phi) is 4.80. The number of aryl methyl sites for hydroxylation is 3. The Hall–Kier alpha value is -2.51. The summed E-state index contributed by atoms with van der Waals surface area (Å²) in [5.74, 6) is -0.158. The number of hydrogen-bond donors (Lipinski definition) is 2. The minimum absolute atomic E-state index is 0.158. The van der Waals surface area contributed by atoms with Crippen LogP contribution in [0.3, 0.4) is 0 Å². The number of carbonyl (C=O) groups is 1. The zero-order valence-electron chi connectivity index (χ0n) is 15.6. The number of nitrogens with one attached hydrogen (secondary N) is 1. The maximum atomic E-state index is 12.9. The summed E-state index contributed by atoms with van der Waals surface area (Å²) < 4.78 is 1.91. The molecule has 1 amide bonds. The van der Waals surface area contributed by atoms with E-state index in [0.717, 1.165) is 42.1 Å². The second-order valence-electron chi connectivity index (χ2n) is 6.94. The first-order valence-electron chi connectivity index (χ1n) is 9.17. The van der Waals surface area contributed by atoms with Gasteiger partial charge in [0, 0.05) is 24.4 Å². The SMILES string of the molecule is Cc1ccc(Cc2sc(NC(=O)c3c(CN)nn4c3CCC4)nc2C)cc1. The van der Waals surface area contributed by atoms with Gasteiger partial charge in [0.05, 0.1) is 22.6 Å². The molecule has 6 nitrogen and oxygen atoms in total. The lowest BCUT2D eigenvalue weighted by molar-refractivity contribution is 0.102. The van der Waals surface area contributed by atoms with Gasteiger partial charge in [0.2, 0.25) is 0 Å². The number of thiazole rings is 1. The fourth-order valence-electron chi connectivity index (χ4n) is 3.49. The molecule has 3 heterocycles. The molecule has 2 aromatic heterocycles. The topological polar surface area (TPSA) is 85.8 Å². The summed E-state index contributed by atoms with van der Waals surface area (Å²) in [6, 6.07) is 8.50. The Labute approximate surface area is 162 Å². The summed E-state index contributed by atoms with van der Waals surface area (Å²) in [6.07, 6.45) is 2.70. The van der Waals surface area contributed by atoms with Gasteiger partial charge in [-0.2, -0.15) is 5.10 Å². The van der Waals surface area contributed by atoms with Crippen molar-refractivity contribution < 1.29 is 4.79 Å². The fraction of sp³-hybridized carbons (Fsp3) is 0.350. The number of aromatic nitrogens is 3. The second kappa shape index (κ2) is 7.25. The van der Waals surface area contributed by atoms with Gasteiger partial charge in [0.15, 0.2) is 5.13 Å². The molecule has 4 rings (SSSR count). The number of benzene rings is 1. The Morgan fingerprint density at radius 2 is 2.07 bits per heavy atom. The normalized spacial score (nSPS) is 13.0. The van der Waals surface area contributed by atoms with Gasteiger partial charge in [0.25, 0.3) is 5.91 Å². The maximum Gasteiger partial charge on any atom is 0.261 e. The van der Waals surface area contributed by atoms with E-state index < -0.39 is 0 Å². The van der Waals surface area contributed by atoms with Crippen LogP contribution >= 0.6 is 11.3 Å². The summed E-state index contributed by atoms with van der Waals surface area (Å²) in [6.45, 7) is 5.18. The van der Waals surface area contributed by atoms with Crippen LogP contribution in [0.15, 0.2) is 24.3 Å². The van der Waals surface area contributed by atoms with Crippen molar-refractivity contribution in [1.82, 2.24) is 14.8 Å². The first-order valence-corrected chi connectivity index (χ1v) is 9.98. The van der Waals surface area contributed by atoms with Crippen molar-refractivity contribution in [3.8, 4) is 0 Å². The minimum atomic E-state index is -0.158. The Bertz CT molecular complexity index is 987. The number of hydrogen-bond acceptors (Lipinski definition) is 5. The lowest BCUT2D eigenvalue weighted by Gasteiger charge is -2.03. The van der Waals surface area contributed by atoms with Crippen LogP contribution in [0, 0.1) is 13.8 Å². The fourth-order valence-corrected chi connectivity index (χ4v) is 4.48. The van der Waals surface area contributed by atoms with Gasteiger partial charge in [-0.05, 0) is 32.3 Å². The minimum Gasteiger partial charge on any atom is -0.325 e. The van der Waals surface area contributed by atoms with Gasteiger partial charge < -0.3 is 5.73 Å². The first kappa shape index (κ1) is 17.9. The van der Waals surface area contributed by atoms with Crippen molar-refractivity contribution >= 4 is 22.4 Å². The van der Waals surface area contributed by atoms with E-state index in [4.69, 9.17) is 5.73 Å². The van der Waals surface area contributed by atoms with Crippen LogP contribution in [0.2, 0.25) is 0 Å². The molecule has 0 fully saturated rings. The van der Waals surface area contributed by atoms with E-state index in [1.54, 1.807) is 0 Å². The number of amides is 1. The summed E-state index contributed by atoms with van der Waals surface area (Å²) in [4.78, 5) is 18.6. The summed E-state index contributed by atoms with van der Waals surface area (Å²) in [7, 11) is 0. The van der Waals surface area contributed by atoms with E-state index in [2.05, 4.69) is 46.6 Å². The van der Waals surface area contributed by atoms with Crippen molar-refractivity contribution in [2.24, 2.45) is 5.73 Å². The van der Waals surface area contributed by atoms with E-state index in [1.165, 1.54) is 22.5 Å². The molecule has 27 heavy (non-hydrogen) atoms. The van der Waals surface area contributed by atoms with Crippen LogP contribution in [-0.4, -0.2) is 20.7 Å². The molecule has 1 aliphatic rings. The molecule has 1 aromatic carbocycles. The number of rotatable bonds is 5. The van der Waals surface area contributed by atoms with Crippen molar-refractivity contribution in [3.05, 3.63) is 62.9 Å². The van der Waals surface area contributed by atoms with Gasteiger partial charge >= 0.3 is 0 Å². The Morgan fingerprint density at radius 1 is 1.30 bits per heavy atom. The van der Waals surface area contributed by atoms with Crippen LogP contribution in [0.25, 0.3) is 0 Å². The molecule has 3 aromatic rings. The molecule has 0 radical (unpaired) electrons. The number of nitrogens with zero attached hydrogens (tertiary/aromatic N) is 3. The number of nitrogens with two attached hydrogens (primary N) is 1. The molecule has 3 N–H and O–H groups in total. The Morgan fingerprint density at radius 3 is 2.81 bits per heavy atom. The molecule has 0 saturated carbocycles. The first-order chi connectivity index (χ1) is 13.0. The highest BCUT2D eigenvalue weighted by molar-refractivity contribution is 7.15. The van der Waals surface area contributed by atoms with Gasteiger partial charge in [-0.1, -0.05) is 29.8 Å². The van der Waals surface area contributed by atoms with E-state index in [-0.39, 0.29) is 12.5 Å². The molecule has 140 valence electrons. The van der Waals surface area contributed by atoms with Crippen molar-refractivity contribution in [2.75, 3.05) is 5.32 Å². The average molecular weight is 382 g/mol. The molecule has 0 bridgehead atoms. The van der Waals surface area contributed by atoms with Crippen molar-refractivity contribution in [2.45, 2.75) is 46.2 Å². The average Bonchev–Trinajstić information content (AvgIpc) is 3.31. The molecular formula is C20H23N5OS. The number of anilines is 1. The third-order valence-electron chi connectivity index (χ3n) is 4.93. The summed E-state index contributed by atoms with van der Waals surface area (Å²) in [5.41, 5.74) is 11.5. The van der Waals surface area contributed by atoms with E-state index in [1.807, 2.05) is 11.6 Å². The predicted octanol–water partition coefficient (Wildman–Crippen LogP) is 3.20. The van der Waals surface area contributed by atoms with Gasteiger partial charge in [-0.15, -0.1) is 11.3 Å². The van der Waals surface area contributed by atoms with E-state index in [9.17, 15) is 4.79 Å². The van der Waals surface area contributed by atoms with Crippen LogP contribution in [-0.2, 0) is 25.9 Å². The van der Waals surface area contributed by atoms with Crippen LogP contribution in [0.1, 0.15) is 49.9 Å². The van der Waals surface area contributed by atoms with Gasteiger partial charge in [-0.3, -0.25) is 14.8 Å². The highest BCUT2D eigenvalue weighted by Crippen LogP contribution is 2.28.